The van der Waals surface area contributed by atoms with Crippen molar-refractivity contribution in [1.82, 2.24) is 0 Å². The summed E-state index contributed by atoms with van der Waals surface area (Å²) in [6.07, 6.45) is 0. The minimum absolute atomic E-state index is 0.00311. The van der Waals surface area contributed by atoms with Crippen LogP contribution in [0, 0.1) is 6.92 Å². The van der Waals surface area contributed by atoms with Gasteiger partial charge < -0.3 is 19.5 Å². The van der Waals surface area contributed by atoms with Gasteiger partial charge in [0, 0.05) is 31.5 Å². The third-order valence-electron chi connectivity index (χ3n) is 6.15. The molecule has 7 heteroatoms. The number of carbonyl (C=O) groups is 2. The molecule has 1 aliphatic heterocycles. The number of anilines is 2. The molecule has 1 unspecified atom stereocenters. The van der Waals surface area contributed by atoms with E-state index in [1.54, 1.807) is 30.3 Å². The van der Waals surface area contributed by atoms with Crippen LogP contribution >= 0.6 is 0 Å². The molecule has 7 nitrogen and oxygen atoms in total. The van der Waals surface area contributed by atoms with Crippen molar-refractivity contribution in [2.75, 3.05) is 38.1 Å². The van der Waals surface area contributed by atoms with Gasteiger partial charge in [-0.25, -0.2) is 0 Å². The van der Waals surface area contributed by atoms with Crippen LogP contribution in [0.25, 0.3) is 5.76 Å². The number of amides is 1. The average molecular weight is 473 g/mol. The summed E-state index contributed by atoms with van der Waals surface area (Å²) in [6.45, 7) is 1.95. The third-order valence-corrected chi connectivity index (χ3v) is 6.15. The lowest BCUT2D eigenvalue weighted by molar-refractivity contribution is -0.132. The molecule has 1 amide bonds. The number of carbonyl (C=O) groups excluding carboxylic acids is 2. The third kappa shape index (κ3) is 4.33. The maximum Gasteiger partial charge on any atom is 0.300 e. The maximum atomic E-state index is 13.4. The monoisotopic (exact) mass is 472 g/mol. The Morgan fingerprint density at radius 1 is 0.914 bits per heavy atom. The molecular formula is C28H28N2O5. The van der Waals surface area contributed by atoms with E-state index in [4.69, 9.17) is 9.47 Å². The molecule has 0 aliphatic carbocycles. The Labute approximate surface area is 204 Å². The molecule has 1 heterocycles. The Balaban J connectivity index is 1.94. The Morgan fingerprint density at radius 2 is 1.57 bits per heavy atom. The van der Waals surface area contributed by atoms with Crippen LogP contribution < -0.4 is 19.3 Å². The predicted molar refractivity (Wildman–Crippen MR) is 136 cm³/mol. The van der Waals surface area contributed by atoms with Crippen LogP contribution in [-0.2, 0) is 9.59 Å². The number of aliphatic hydroxyl groups is 1. The zero-order valence-corrected chi connectivity index (χ0v) is 20.4. The van der Waals surface area contributed by atoms with Crippen molar-refractivity contribution in [1.29, 1.82) is 0 Å². The minimum atomic E-state index is -0.819. The molecular weight excluding hydrogens is 444 g/mol. The van der Waals surface area contributed by atoms with Crippen LogP contribution in [0.2, 0.25) is 0 Å². The van der Waals surface area contributed by atoms with E-state index in [1.807, 2.05) is 62.3 Å². The Kier molecular flexibility index (Phi) is 6.51. The Bertz CT molecular complexity index is 1290. The first-order valence-electron chi connectivity index (χ1n) is 11.1. The Hall–Kier alpha value is -4.26. The van der Waals surface area contributed by atoms with E-state index in [-0.39, 0.29) is 11.3 Å². The number of ketones is 1. The first kappa shape index (κ1) is 23.9. The molecule has 1 atom stereocenters. The van der Waals surface area contributed by atoms with Crippen molar-refractivity contribution in [2.24, 2.45) is 0 Å². The van der Waals surface area contributed by atoms with Crippen molar-refractivity contribution in [3.63, 3.8) is 0 Å². The lowest BCUT2D eigenvalue weighted by Gasteiger charge is -2.26. The number of rotatable bonds is 6. The molecule has 3 aromatic rings. The summed E-state index contributed by atoms with van der Waals surface area (Å²) in [5, 5.41) is 11.4. The number of aryl methyl sites for hydroxylation is 1. The smallest absolute Gasteiger partial charge is 0.300 e. The van der Waals surface area contributed by atoms with E-state index < -0.39 is 17.7 Å². The summed E-state index contributed by atoms with van der Waals surface area (Å²) < 4.78 is 10.7. The molecule has 1 aliphatic rings. The van der Waals surface area contributed by atoms with Gasteiger partial charge in [0.05, 0.1) is 31.4 Å². The fraction of sp³-hybridized carbons (Fsp3) is 0.214. The number of nitrogens with zero attached hydrogens (tertiary/aromatic N) is 2. The summed E-state index contributed by atoms with van der Waals surface area (Å²) in [7, 11) is 6.86. The van der Waals surface area contributed by atoms with Crippen LogP contribution in [-0.4, -0.2) is 45.1 Å². The number of Topliss-reactive ketones (excluding diaryl/α,β-unsaturated/α-hetero) is 1. The standard InChI is InChI=1S/C28H28N2O5/c1-17-6-10-20(11-7-17)30-25(18-8-12-19(13-9-18)29(2)3)24(27(32)28(30)33)26(31)22-15-14-21(34-4)16-23(22)35-5/h6-16,25,31H,1-5H3/b26-24-. The van der Waals surface area contributed by atoms with Crippen LogP contribution in [0.4, 0.5) is 11.4 Å². The molecule has 1 N–H and O–H groups in total. The number of methoxy groups -OCH3 is 2. The van der Waals surface area contributed by atoms with E-state index in [0.29, 0.717) is 28.3 Å². The van der Waals surface area contributed by atoms with Gasteiger partial charge in [0.2, 0.25) is 0 Å². The summed E-state index contributed by atoms with van der Waals surface area (Å²) in [5.41, 5.74) is 3.56. The number of benzene rings is 3. The van der Waals surface area contributed by atoms with E-state index in [0.717, 1.165) is 11.3 Å². The van der Waals surface area contributed by atoms with Gasteiger partial charge >= 0.3 is 0 Å². The minimum Gasteiger partial charge on any atom is -0.507 e. The van der Waals surface area contributed by atoms with E-state index >= 15 is 0 Å². The van der Waals surface area contributed by atoms with Crippen LogP contribution in [0.3, 0.4) is 0 Å². The number of hydrogen-bond donors (Lipinski definition) is 1. The second-order valence-electron chi connectivity index (χ2n) is 8.56. The van der Waals surface area contributed by atoms with Gasteiger partial charge in [-0.3, -0.25) is 14.5 Å². The Morgan fingerprint density at radius 3 is 2.14 bits per heavy atom. The van der Waals surface area contributed by atoms with Crippen molar-refractivity contribution >= 4 is 28.8 Å². The van der Waals surface area contributed by atoms with Gasteiger partial charge in [0.25, 0.3) is 11.7 Å². The molecule has 3 aromatic carbocycles. The molecule has 35 heavy (non-hydrogen) atoms. The van der Waals surface area contributed by atoms with E-state index in [9.17, 15) is 14.7 Å². The summed E-state index contributed by atoms with van der Waals surface area (Å²) in [4.78, 5) is 30.1. The highest BCUT2D eigenvalue weighted by atomic mass is 16.5. The maximum absolute atomic E-state index is 13.4. The summed E-state index contributed by atoms with van der Waals surface area (Å²) in [5.74, 6) is -0.911. The van der Waals surface area contributed by atoms with Gasteiger partial charge in [0.1, 0.15) is 17.3 Å². The van der Waals surface area contributed by atoms with Crippen molar-refractivity contribution in [2.45, 2.75) is 13.0 Å². The molecule has 1 saturated heterocycles. The quantitative estimate of drug-likeness (QED) is 0.318. The zero-order valence-electron chi connectivity index (χ0n) is 20.4. The lowest BCUT2D eigenvalue weighted by atomic mass is 9.94. The SMILES string of the molecule is COc1ccc(/C(O)=C2/C(=O)C(=O)N(c3ccc(C)cc3)C2c2ccc(N(C)C)cc2)c(OC)c1. The van der Waals surface area contributed by atoms with E-state index in [1.165, 1.54) is 19.1 Å². The lowest BCUT2D eigenvalue weighted by Crippen LogP contribution is -2.29. The fourth-order valence-corrected chi connectivity index (χ4v) is 4.21. The predicted octanol–water partition coefficient (Wildman–Crippen LogP) is 4.70. The average Bonchev–Trinajstić information content (AvgIpc) is 3.14. The second kappa shape index (κ2) is 9.54. The largest absolute Gasteiger partial charge is 0.507 e. The van der Waals surface area contributed by atoms with Crippen LogP contribution in [0.15, 0.2) is 72.3 Å². The molecule has 0 spiro atoms. The molecule has 1 fully saturated rings. The summed E-state index contributed by atoms with van der Waals surface area (Å²) >= 11 is 0. The number of ether oxygens (including phenoxy) is 2. The van der Waals surface area contributed by atoms with Crippen LogP contribution in [0.1, 0.15) is 22.7 Å². The molecule has 0 aromatic heterocycles. The van der Waals surface area contributed by atoms with Gasteiger partial charge in [-0.05, 0) is 48.9 Å². The van der Waals surface area contributed by atoms with Crippen molar-refractivity contribution in [3.8, 4) is 11.5 Å². The van der Waals surface area contributed by atoms with Crippen molar-refractivity contribution in [3.05, 3.63) is 89.0 Å². The normalized spacial score (nSPS) is 16.9. The van der Waals surface area contributed by atoms with Gasteiger partial charge in [0.15, 0.2) is 0 Å². The first-order chi connectivity index (χ1) is 16.8. The molecule has 180 valence electrons. The molecule has 4 rings (SSSR count). The van der Waals surface area contributed by atoms with Crippen LogP contribution in [0.5, 0.6) is 11.5 Å². The first-order valence-corrected chi connectivity index (χ1v) is 11.1. The highest BCUT2D eigenvalue weighted by molar-refractivity contribution is 6.51. The highest BCUT2D eigenvalue weighted by Gasteiger charge is 2.47. The fourth-order valence-electron chi connectivity index (χ4n) is 4.21. The van der Waals surface area contributed by atoms with Crippen molar-refractivity contribution < 1.29 is 24.2 Å². The van der Waals surface area contributed by atoms with Gasteiger partial charge in [-0.2, -0.15) is 0 Å². The number of aliphatic hydroxyl groups excluding tert-OH is 1. The molecule has 0 bridgehead atoms. The number of hydrogen-bond acceptors (Lipinski definition) is 6. The summed E-state index contributed by atoms with van der Waals surface area (Å²) in [6, 6.07) is 19.0. The molecule has 0 saturated carbocycles. The zero-order chi connectivity index (χ0) is 25.3. The highest BCUT2D eigenvalue weighted by Crippen LogP contribution is 2.44. The van der Waals surface area contributed by atoms with Gasteiger partial charge in [-0.15, -0.1) is 0 Å². The van der Waals surface area contributed by atoms with Gasteiger partial charge in [-0.1, -0.05) is 29.8 Å². The second-order valence-corrected chi connectivity index (χ2v) is 8.56. The van der Waals surface area contributed by atoms with E-state index in [2.05, 4.69) is 0 Å². The topological polar surface area (TPSA) is 79.3 Å². The molecule has 0 radical (unpaired) electrons.